The molecule has 4 heteroatoms. The van der Waals surface area contributed by atoms with Crippen molar-refractivity contribution in [3.05, 3.63) is 53.6 Å². The van der Waals surface area contributed by atoms with E-state index >= 15 is 0 Å². The van der Waals surface area contributed by atoms with Gasteiger partial charge in [0, 0.05) is 41.9 Å². The summed E-state index contributed by atoms with van der Waals surface area (Å²) < 4.78 is 11.9. The number of ether oxygens (including phenoxy) is 2. The van der Waals surface area contributed by atoms with E-state index in [9.17, 15) is 4.79 Å². The first-order valence-electron chi connectivity index (χ1n) is 11.0. The molecule has 29 heavy (non-hydrogen) atoms. The molecule has 0 N–H and O–H groups in total. The highest BCUT2D eigenvalue weighted by Crippen LogP contribution is 2.51. The van der Waals surface area contributed by atoms with Gasteiger partial charge in [0.1, 0.15) is 11.5 Å². The summed E-state index contributed by atoms with van der Waals surface area (Å²) in [6.45, 7) is 3.22. The fourth-order valence-corrected chi connectivity index (χ4v) is 5.31. The molecule has 3 aliphatic heterocycles. The molecule has 4 nitrogen and oxygen atoms in total. The van der Waals surface area contributed by atoms with Crippen LogP contribution >= 0.6 is 0 Å². The van der Waals surface area contributed by atoms with Crippen LogP contribution in [0.1, 0.15) is 62.5 Å². The number of carbonyl (C=O) groups is 1. The largest absolute Gasteiger partial charge is 0.491 e. The van der Waals surface area contributed by atoms with Crippen molar-refractivity contribution in [1.29, 1.82) is 0 Å². The molecular formula is C25H29NO3. The van der Waals surface area contributed by atoms with Crippen molar-refractivity contribution >= 4 is 11.7 Å². The zero-order valence-electron chi connectivity index (χ0n) is 17.1. The third kappa shape index (κ3) is 3.73. The summed E-state index contributed by atoms with van der Waals surface area (Å²) in [5, 5.41) is 0. The quantitative estimate of drug-likeness (QED) is 0.498. The molecule has 3 aliphatic rings. The van der Waals surface area contributed by atoms with E-state index < -0.39 is 0 Å². The highest BCUT2D eigenvalue weighted by molar-refractivity contribution is 5.81. The molecule has 0 aliphatic carbocycles. The second-order valence-electron chi connectivity index (χ2n) is 8.76. The Hall–Kier alpha value is -2.49. The molecule has 5 rings (SSSR count). The van der Waals surface area contributed by atoms with Crippen LogP contribution < -0.4 is 14.4 Å². The Morgan fingerprint density at radius 2 is 2.10 bits per heavy atom. The van der Waals surface area contributed by atoms with Crippen LogP contribution in [-0.2, 0) is 11.2 Å². The van der Waals surface area contributed by atoms with Crippen LogP contribution in [0.5, 0.6) is 11.5 Å². The second kappa shape index (κ2) is 7.74. The molecule has 0 amide bonds. The molecule has 0 unspecified atom stereocenters. The molecule has 0 spiro atoms. The second-order valence-corrected chi connectivity index (χ2v) is 8.76. The summed E-state index contributed by atoms with van der Waals surface area (Å²) in [5.41, 5.74) is 3.84. The normalized spacial score (nSPS) is 23.2. The van der Waals surface area contributed by atoms with E-state index in [1.165, 1.54) is 29.7 Å². The number of anilines is 1. The van der Waals surface area contributed by atoms with E-state index in [1.807, 2.05) is 6.07 Å². The minimum absolute atomic E-state index is 0.104. The number of fused-ring (bicyclic) bond motifs is 2. The van der Waals surface area contributed by atoms with E-state index in [0.29, 0.717) is 18.4 Å². The number of aryl methyl sites for hydroxylation is 1. The first-order chi connectivity index (χ1) is 14.2. The van der Waals surface area contributed by atoms with Crippen LogP contribution in [0.15, 0.2) is 42.5 Å². The van der Waals surface area contributed by atoms with E-state index in [-0.39, 0.29) is 12.1 Å². The molecule has 2 aromatic rings. The van der Waals surface area contributed by atoms with Gasteiger partial charge < -0.3 is 14.4 Å². The van der Waals surface area contributed by atoms with Crippen molar-refractivity contribution < 1.29 is 14.3 Å². The third-order valence-corrected chi connectivity index (χ3v) is 6.64. The van der Waals surface area contributed by atoms with Crippen LogP contribution in [0, 0.1) is 0 Å². The van der Waals surface area contributed by atoms with Crippen molar-refractivity contribution in [2.24, 2.45) is 0 Å². The van der Waals surface area contributed by atoms with Gasteiger partial charge in [0.05, 0.1) is 12.5 Å². The molecule has 0 aromatic heterocycles. The lowest BCUT2D eigenvalue weighted by atomic mass is 9.82. The predicted octanol–water partition coefficient (Wildman–Crippen LogP) is 5.24. The van der Waals surface area contributed by atoms with Gasteiger partial charge in [0.2, 0.25) is 0 Å². The maximum absolute atomic E-state index is 12.2. The number of hydrogen-bond donors (Lipinski definition) is 0. The van der Waals surface area contributed by atoms with Crippen molar-refractivity contribution in [3.8, 4) is 11.5 Å². The van der Waals surface area contributed by atoms with Crippen LogP contribution in [0.3, 0.4) is 0 Å². The number of nitrogens with zero attached hydrogens (tertiary/aromatic N) is 1. The fraction of sp³-hybridized carbons (Fsp3) is 0.480. The summed E-state index contributed by atoms with van der Waals surface area (Å²) >= 11 is 0. The minimum atomic E-state index is -0.104. The average molecular weight is 392 g/mol. The molecule has 0 bridgehead atoms. The van der Waals surface area contributed by atoms with Gasteiger partial charge in [-0.3, -0.25) is 4.79 Å². The number of hydrogen-bond acceptors (Lipinski definition) is 4. The van der Waals surface area contributed by atoms with Gasteiger partial charge in [0.15, 0.2) is 0 Å². The average Bonchev–Trinajstić information content (AvgIpc) is 3.17. The molecule has 2 aromatic carbocycles. The number of rotatable bonds is 6. The molecule has 152 valence electrons. The molecule has 0 radical (unpaired) electrons. The monoisotopic (exact) mass is 391 g/mol. The number of benzene rings is 2. The van der Waals surface area contributed by atoms with Crippen molar-refractivity contribution in [2.45, 2.75) is 69.9 Å². The van der Waals surface area contributed by atoms with Crippen LogP contribution in [0.2, 0.25) is 0 Å². The van der Waals surface area contributed by atoms with E-state index in [0.717, 1.165) is 43.7 Å². The summed E-state index contributed by atoms with van der Waals surface area (Å²) in [7, 11) is 0. The fourth-order valence-electron chi connectivity index (χ4n) is 5.31. The Morgan fingerprint density at radius 1 is 1.24 bits per heavy atom. The molecule has 3 atom stereocenters. The SMILES string of the molecule is C[C@H](CCCc1ccccc1)Oc1cc2c3c(c1)N1CCC[C@H]1C[C@@H]3CC(=O)O2. The standard InChI is InChI=1S/C25H29NO3/c1-17(7-5-10-18-8-3-2-4-9-18)28-21-15-22-25-19(13-20-11-6-12-26(20)22)14-24(27)29-23(25)16-21/h2-4,8-9,15-17,19-20H,5-7,10-14H2,1H3/t17-,19-,20+/m1/s1. The van der Waals surface area contributed by atoms with Crippen molar-refractivity contribution in [2.75, 3.05) is 11.4 Å². The van der Waals surface area contributed by atoms with E-state index in [1.54, 1.807) is 0 Å². The Morgan fingerprint density at radius 3 is 2.97 bits per heavy atom. The van der Waals surface area contributed by atoms with Crippen LogP contribution in [0.4, 0.5) is 5.69 Å². The van der Waals surface area contributed by atoms with Gasteiger partial charge in [-0.1, -0.05) is 30.3 Å². The topological polar surface area (TPSA) is 38.8 Å². The van der Waals surface area contributed by atoms with Gasteiger partial charge in [-0.2, -0.15) is 0 Å². The lowest BCUT2D eigenvalue weighted by Crippen LogP contribution is -2.38. The first-order valence-corrected chi connectivity index (χ1v) is 11.0. The molecule has 3 heterocycles. The van der Waals surface area contributed by atoms with Gasteiger partial charge in [-0.25, -0.2) is 0 Å². The highest BCUT2D eigenvalue weighted by atomic mass is 16.5. The Bertz CT molecular complexity index is 894. The van der Waals surface area contributed by atoms with Crippen molar-refractivity contribution in [1.82, 2.24) is 0 Å². The smallest absolute Gasteiger partial charge is 0.311 e. The third-order valence-electron chi connectivity index (χ3n) is 6.64. The summed E-state index contributed by atoms with van der Waals surface area (Å²) in [6.07, 6.45) is 7.31. The van der Waals surface area contributed by atoms with Gasteiger partial charge in [0.25, 0.3) is 0 Å². The van der Waals surface area contributed by atoms with Gasteiger partial charge in [-0.05, 0) is 51.0 Å². The van der Waals surface area contributed by atoms with Gasteiger partial charge >= 0.3 is 5.97 Å². The summed E-state index contributed by atoms with van der Waals surface area (Å²) in [4.78, 5) is 14.7. The van der Waals surface area contributed by atoms with Gasteiger partial charge in [-0.15, -0.1) is 0 Å². The highest BCUT2D eigenvalue weighted by Gasteiger charge is 2.41. The zero-order valence-corrected chi connectivity index (χ0v) is 17.1. The summed E-state index contributed by atoms with van der Waals surface area (Å²) in [5.74, 6) is 1.75. The first kappa shape index (κ1) is 18.5. The lowest BCUT2D eigenvalue weighted by Gasteiger charge is -2.40. The Kier molecular flexibility index (Phi) is 4.94. The predicted molar refractivity (Wildman–Crippen MR) is 114 cm³/mol. The van der Waals surface area contributed by atoms with Crippen LogP contribution in [-0.4, -0.2) is 24.7 Å². The van der Waals surface area contributed by atoms with Crippen LogP contribution in [0.25, 0.3) is 0 Å². The molecule has 1 saturated heterocycles. The Labute approximate surface area is 172 Å². The summed E-state index contributed by atoms with van der Waals surface area (Å²) in [6, 6.07) is 15.3. The molecular weight excluding hydrogens is 362 g/mol. The van der Waals surface area contributed by atoms with E-state index in [4.69, 9.17) is 9.47 Å². The maximum atomic E-state index is 12.2. The van der Waals surface area contributed by atoms with E-state index in [2.05, 4.69) is 48.2 Å². The molecule has 1 fully saturated rings. The molecule has 0 saturated carbocycles. The maximum Gasteiger partial charge on any atom is 0.311 e. The van der Waals surface area contributed by atoms with Crippen molar-refractivity contribution in [3.63, 3.8) is 0 Å². The zero-order chi connectivity index (χ0) is 19.8. The number of esters is 1. The minimum Gasteiger partial charge on any atom is -0.491 e. The number of carbonyl (C=O) groups excluding carboxylic acids is 1. The Balaban J connectivity index is 1.31. The lowest BCUT2D eigenvalue weighted by molar-refractivity contribution is -0.136.